The molecule has 4 nitrogen and oxygen atoms in total. The van der Waals surface area contributed by atoms with E-state index in [2.05, 4.69) is 70.7 Å². The second-order valence-electron chi connectivity index (χ2n) is 7.61. The number of aromatic nitrogens is 1. The lowest BCUT2D eigenvalue weighted by atomic mass is 10.0. The standard InChI is InChI=1S/C24H29N3O/c1-3-28-23-16-19(9-8-18(23)2)17-27-14-11-21(12-15-27)26-24-22-7-5-4-6-20(22)10-13-25-24/h4-10,13,16,21H,3,11-12,14-15,17H2,1-2H3,(H,25,26). The number of pyridine rings is 1. The lowest BCUT2D eigenvalue weighted by Gasteiger charge is -2.33. The number of anilines is 1. The van der Waals surface area contributed by atoms with Gasteiger partial charge >= 0.3 is 0 Å². The first-order valence-corrected chi connectivity index (χ1v) is 10.3. The van der Waals surface area contributed by atoms with Gasteiger partial charge in [0.2, 0.25) is 0 Å². The largest absolute Gasteiger partial charge is 0.494 e. The van der Waals surface area contributed by atoms with E-state index < -0.39 is 0 Å². The van der Waals surface area contributed by atoms with E-state index >= 15 is 0 Å². The van der Waals surface area contributed by atoms with Gasteiger partial charge in [-0.2, -0.15) is 0 Å². The molecule has 2 aromatic carbocycles. The number of likely N-dealkylation sites (tertiary alicyclic amines) is 1. The number of rotatable bonds is 6. The second kappa shape index (κ2) is 8.61. The number of ether oxygens (including phenoxy) is 1. The van der Waals surface area contributed by atoms with Crippen LogP contribution in [-0.4, -0.2) is 35.6 Å². The second-order valence-corrected chi connectivity index (χ2v) is 7.61. The topological polar surface area (TPSA) is 37.4 Å². The molecule has 4 heteroatoms. The van der Waals surface area contributed by atoms with Gasteiger partial charge in [0.15, 0.2) is 0 Å². The Hall–Kier alpha value is -2.59. The molecule has 0 aliphatic carbocycles. The first-order valence-electron chi connectivity index (χ1n) is 10.3. The maximum Gasteiger partial charge on any atom is 0.134 e. The van der Waals surface area contributed by atoms with Crippen LogP contribution in [0.5, 0.6) is 5.75 Å². The first-order chi connectivity index (χ1) is 13.7. The Morgan fingerprint density at radius 3 is 2.75 bits per heavy atom. The normalized spacial score (nSPS) is 15.6. The molecule has 0 spiro atoms. The number of nitrogens with one attached hydrogen (secondary N) is 1. The van der Waals surface area contributed by atoms with E-state index in [0.29, 0.717) is 12.6 Å². The maximum absolute atomic E-state index is 5.75. The number of aryl methyl sites for hydroxylation is 1. The SMILES string of the molecule is CCOc1cc(CN2CCC(Nc3nccc4ccccc34)CC2)ccc1C. The van der Waals surface area contributed by atoms with Gasteiger partial charge in [-0.3, -0.25) is 4.90 Å². The number of hydrogen-bond acceptors (Lipinski definition) is 4. The fraction of sp³-hybridized carbons (Fsp3) is 0.375. The number of fused-ring (bicyclic) bond motifs is 1. The van der Waals surface area contributed by atoms with E-state index in [-0.39, 0.29) is 0 Å². The van der Waals surface area contributed by atoms with Gasteiger partial charge in [0.05, 0.1) is 6.61 Å². The van der Waals surface area contributed by atoms with Crippen LogP contribution in [0.2, 0.25) is 0 Å². The zero-order chi connectivity index (χ0) is 19.3. The van der Waals surface area contributed by atoms with E-state index in [9.17, 15) is 0 Å². The Labute approximate surface area is 167 Å². The van der Waals surface area contributed by atoms with Gasteiger partial charge in [-0.15, -0.1) is 0 Å². The number of nitrogens with zero attached hydrogens (tertiary/aromatic N) is 2. The summed E-state index contributed by atoms with van der Waals surface area (Å²) in [5.74, 6) is 2.02. The molecule has 1 aliphatic heterocycles. The van der Waals surface area contributed by atoms with Crippen molar-refractivity contribution in [3.8, 4) is 5.75 Å². The molecule has 0 bridgehead atoms. The Kier molecular flexibility index (Phi) is 5.77. The third-order valence-electron chi connectivity index (χ3n) is 5.56. The Balaban J connectivity index is 1.35. The van der Waals surface area contributed by atoms with Crippen molar-refractivity contribution in [2.24, 2.45) is 0 Å². The summed E-state index contributed by atoms with van der Waals surface area (Å²) < 4.78 is 5.75. The predicted octanol–water partition coefficient (Wildman–Crippen LogP) is 5.02. The maximum atomic E-state index is 5.75. The van der Waals surface area contributed by atoms with E-state index in [0.717, 1.165) is 44.0 Å². The van der Waals surface area contributed by atoms with Crippen LogP contribution in [0.3, 0.4) is 0 Å². The molecule has 1 aliphatic rings. The van der Waals surface area contributed by atoms with Gasteiger partial charge in [-0.05, 0) is 55.3 Å². The summed E-state index contributed by atoms with van der Waals surface area (Å²) >= 11 is 0. The van der Waals surface area contributed by atoms with Crippen LogP contribution < -0.4 is 10.1 Å². The smallest absolute Gasteiger partial charge is 0.134 e. The average molecular weight is 376 g/mol. The summed E-state index contributed by atoms with van der Waals surface area (Å²) in [6.45, 7) is 8.03. The summed E-state index contributed by atoms with van der Waals surface area (Å²) in [5.41, 5.74) is 2.53. The van der Waals surface area contributed by atoms with Gasteiger partial charge in [0.1, 0.15) is 11.6 Å². The molecule has 0 atom stereocenters. The number of hydrogen-bond donors (Lipinski definition) is 1. The number of piperidine rings is 1. The molecular weight excluding hydrogens is 346 g/mol. The monoisotopic (exact) mass is 375 g/mol. The average Bonchev–Trinajstić information content (AvgIpc) is 2.72. The molecule has 0 amide bonds. The van der Waals surface area contributed by atoms with E-state index in [1.807, 2.05) is 13.1 Å². The van der Waals surface area contributed by atoms with Crippen LogP contribution in [0, 0.1) is 6.92 Å². The van der Waals surface area contributed by atoms with Gasteiger partial charge in [0, 0.05) is 37.3 Å². The number of benzene rings is 2. The quantitative estimate of drug-likeness (QED) is 0.656. The van der Waals surface area contributed by atoms with Crippen LogP contribution in [0.1, 0.15) is 30.9 Å². The van der Waals surface area contributed by atoms with Crippen molar-refractivity contribution in [3.05, 3.63) is 65.9 Å². The Morgan fingerprint density at radius 1 is 1.11 bits per heavy atom. The minimum atomic E-state index is 0.478. The predicted molar refractivity (Wildman–Crippen MR) is 116 cm³/mol. The van der Waals surface area contributed by atoms with Gasteiger partial charge in [-0.1, -0.05) is 36.4 Å². The molecule has 3 aromatic rings. The minimum Gasteiger partial charge on any atom is -0.494 e. The van der Waals surface area contributed by atoms with E-state index in [1.54, 1.807) is 0 Å². The molecule has 0 unspecified atom stereocenters. The lowest BCUT2D eigenvalue weighted by molar-refractivity contribution is 0.211. The van der Waals surface area contributed by atoms with Crippen LogP contribution in [0.4, 0.5) is 5.82 Å². The van der Waals surface area contributed by atoms with Crippen molar-refractivity contribution in [3.63, 3.8) is 0 Å². The van der Waals surface area contributed by atoms with Gasteiger partial charge in [-0.25, -0.2) is 4.98 Å². The third kappa shape index (κ3) is 4.28. The molecule has 0 saturated carbocycles. The summed E-state index contributed by atoms with van der Waals surface area (Å²) in [6, 6.07) is 17.6. The molecule has 1 N–H and O–H groups in total. The van der Waals surface area contributed by atoms with Crippen LogP contribution in [0.25, 0.3) is 10.8 Å². The van der Waals surface area contributed by atoms with Crippen LogP contribution in [0.15, 0.2) is 54.7 Å². The highest BCUT2D eigenvalue weighted by atomic mass is 16.5. The molecule has 4 rings (SSSR count). The highest BCUT2D eigenvalue weighted by Crippen LogP contribution is 2.25. The molecule has 28 heavy (non-hydrogen) atoms. The molecule has 146 valence electrons. The Bertz CT molecular complexity index is 927. The van der Waals surface area contributed by atoms with Crippen molar-refractivity contribution in [2.75, 3.05) is 25.0 Å². The lowest BCUT2D eigenvalue weighted by Crippen LogP contribution is -2.38. The third-order valence-corrected chi connectivity index (χ3v) is 5.56. The van der Waals surface area contributed by atoms with E-state index in [4.69, 9.17) is 4.74 Å². The minimum absolute atomic E-state index is 0.478. The fourth-order valence-corrected chi connectivity index (χ4v) is 3.98. The molecule has 0 radical (unpaired) electrons. The zero-order valence-electron chi connectivity index (χ0n) is 16.8. The van der Waals surface area contributed by atoms with Crippen molar-refractivity contribution >= 4 is 16.6 Å². The zero-order valence-corrected chi connectivity index (χ0v) is 16.8. The van der Waals surface area contributed by atoms with Crippen molar-refractivity contribution < 1.29 is 4.74 Å². The first kappa shape index (κ1) is 18.8. The fourth-order valence-electron chi connectivity index (χ4n) is 3.98. The summed E-state index contributed by atoms with van der Waals surface area (Å²) in [4.78, 5) is 7.12. The van der Waals surface area contributed by atoms with E-state index in [1.165, 1.54) is 21.9 Å². The molecule has 1 fully saturated rings. The molecule has 2 heterocycles. The van der Waals surface area contributed by atoms with Crippen LogP contribution >= 0.6 is 0 Å². The highest BCUT2D eigenvalue weighted by Gasteiger charge is 2.20. The molecular formula is C24H29N3O. The molecule has 1 aromatic heterocycles. The summed E-state index contributed by atoms with van der Waals surface area (Å²) in [7, 11) is 0. The Morgan fingerprint density at radius 2 is 1.93 bits per heavy atom. The van der Waals surface area contributed by atoms with Crippen molar-refractivity contribution in [1.82, 2.24) is 9.88 Å². The van der Waals surface area contributed by atoms with Gasteiger partial charge < -0.3 is 10.1 Å². The molecule has 1 saturated heterocycles. The highest BCUT2D eigenvalue weighted by molar-refractivity contribution is 5.91. The van der Waals surface area contributed by atoms with Crippen molar-refractivity contribution in [1.29, 1.82) is 0 Å². The summed E-state index contributed by atoms with van der Waals surface area (Å²) in [5, 5.41) is 6.13. The van der Waals surface area contributed by atoms with Crippen molar-refractivity contribution in [2.45, 2.75) is 39.3 Å². The van der Waals surface area contributed by atoms with Gasteiger partial charge in [0.25, 0.3) is 0 Å². The summed E-state index contributed by atoms with van der Waals surface area (Å²) in [6.07, 6.45) is 4.16. The van der Waals surface area contributed by atoms with Crippen LogP contribution in [-0.2, 0) is 6.54 Å².